The van der Waals surface area contributed by atoms with E-state index >= 15 is 0 Å². The highest BCUT2D eigenvalue weighted by molar-refractivity contribution is 5.47. The van der Waals surface area contributed by atoms with Gasteiger partial charge in [0, 0.05) is 23.4 Å². The molecule has 1 N–H and O–H groups in total. The smallest absolute Gasteiger partial charge is 0.141 e. The maximum atomic E-state index is 13.3. The van der Waals surface area contributed by atoms with Gasteiger partial charge in [-0.3, -0.25) is 4.98 Å². The van der Waals surface area contributed by atoms with Crippen LogP contribution in [0.25, 0.3) is 0 Å². The van der Waals surface area contributed by atoms with E-state index in [1.807, 2.05) is 0 Å². The summed E-state index contributed by atoms with van der Waals surface area (Å²) in [7, 11) is 3.04. The summed E-state index contributed by atoms with van der Waals surface area (Å²) < 4.78 is 23.7. The summed E-state index contributed by atoms with van der Waals surface area (Å²) in [6.07, 6.45) is 2.51. The van der Waals surface area contributed by atoms with Gasteiger partial charge in [0.15, 0.2) is 0 Å². The van der Waals surface area contributed by atoms with Crippen LogP contribution in [0.4, 0.5) is 4.39 Å². The second-order valence-electron chi connectivity index (χ2n) is 4.53. The number of halogens is 1. The van der Waals surface area contributed by atoms with Crippen LogP contribution >= 0.6 is 0 Å². The molecular weight excluding hydrogens is 261 g/mol. The van der Waals surface area contributed by atoms with E-state index in [9.17, 15) is 9.50 Å². The first-order chi connectivity index (χ1) is 9.48. The molecule has 0 fully saturated rings. The van der Waals surface area contributed by atoms with Crippen molar-refractivity contribution in [3.63, 3.8) is 0 Å². The molecule has 0 radical (unpaired) electrons. The molecule has 1 heterocycles. The van der Waals surface area contributed by atoms with Gasteiger partial charge < -0.3 is 14.6 Å². The summed E-state index contributed by atoms with van der Waals surface area (Å²) in [4.78, 5) is 3.76. The molecule has 0 saturated carbocycles. The zero-order valence-corrected chi connectivity index (χ0v) is 11.6. The van der Waals surface area contributed by atoms with Gasteiger partial charge in [0.25, 0.3) is 0 Å². The van der Waals surface area contributed by atoms with Crippen molar-refractivity contribution in [1.82, 2.24) is 4.98 Å². The first-order valence-corrected chi connectivity index (χ1v) is 6.05. The molecule has 0 spiro atoms. The molecule has 0 aliphatic carbocycles. The summed E-state index contributed by atoms with van der Waals surface area (Å²) >= 11 is 0. The molecule has 1 atom stereocenters. The Morgan fingerprint density at radius 2 is 1.90 bits per heavy atom. The highest BCUT2D eigenvalue weighted by Crippen LogP contribution is 2.37. The molecule has 2 rings (SSSR count). The Hall–Kier alpha value is -2.14. The van der Waals surface area contributed by atoms with E-state index in [2.05, 4.69) is 4.98 Å². The summed E-state index contributed by atoms with van der Waals surface area (Å²) in [6.45, 7) is 1.56. The molecule has 20 heavy (non-hydrogen) atoms. The third-order valence-corrected chi connectivity index (χ3v) is 3.20. The molecule has 1 aromatic heterocycles. The largest absolute Gasteiger partial charge is 0.497 e. The molecule has 106 valence electrons. The van der Waals surface area contributed by atoms with Crippen LogP contribution in [0, 0.1) is 5.82 Å². The van der Waals surface area contributed by atoms with Gasteiger partial charge in [0.2, 0.25) is 0 Å². The fourth-order valence-electron chi connectivity index (χ4n) is 2.03. The SMILES string of the molecule is COc1ccc(C(C)(O)c2cncc(F)c2)c(OC)c1. The van der Waals surface area contributed by atoms with Crippen LogP contribution in [0.1, 0.15) is 18.1 Å². The van der Waals surface area contributed by atoms with E-state index in [1.54, 1.807) is 32.2 Å². The fraction of sp³-hybridized carbons (Fsp3) is 0.267. The van der Waals surface area contributed by atoms with Gasteiger partial charge in [-0.05, 0) is 25.1 Å². The maximum Gasteiger partial charge on any atom is 0.141 e. The maximum absolute atomic E-state index is 13.3. The fourth-order valence-corrected chi connectivity index (χ4v) is 2.03. The summed E-state index contributed by atoms with van der Waals surface area (Å²) in [6, 6.07) is 6.30. The Labute approximate surface area is 116 Å². The minimum absolute atomic E-state index is 0.348. The molecular formula is C15H16FNO3. The van der Waals surface area contributed by atoms with Crippen LogP contribution in [-0.4, -0.2) is 24.3 Å². The minimum atomic E-state index is -1.42. The average molecular weight is 277 g/mol. The van der Waals surface area contributed by atoms with Gasteiger partial charge in [-0.25, -0.2) is 4.39 Å². The van der Waals surface area contributed by atoms with Crippen LogP contribution in [-0.2, 0) is 5.60 Å². The lowest BCUT2D eigenvalue weighted by molar-refractivity contribution is 0.0980. The molecule has 2 aromatic rings. The highest BCUT2D eigenvalue weighted by atomic mass is 19.1. The zero-order chi connectivity index (χ0) is 14.8. The van der Waals surface area contributed by atoms with Crippen LogP contribution in [0.15, 0.2) is 36.7 Å². The Morgan fingerprint density at radius 1 is 1.15 bits per heavy atom. The molecule has 1 aromatic carbocycles. The number of hydrogen-bond acceptors (Lipinski definition) is 4. The summed E-state index contributed by atoms with van der Waals surface area (Å²) in [5.41, 5.74) is -0.568. The van der Waals surface area contributed by atoms with Crippen LogP contribution in [0.2, 0.25) is 0 Å². The third-order valence-electron chi connectivity index (χ3n) is 3.20. The topological polar surface area (TPSA) is 51.6 Å². The number of pyridine rings is 1. The predicted molar refractivity (Wildman–Crippen MR) is 72.4 cm³/mol. The predicted octanol–water partition coefficient (Wildman–Crippen LogP) is 2.49. The lowest BCUT2D eigenvalue weighted by Gasteiger charge is -2.26. The van der Waals surface area contributed by atoms with Gasteiger partial charge in [-0.2, -0.15) is 0 Å². The Kier molecular flexibility index (Phi) is 3.90. The second kappa shape index (κ2) is 5.46. The minimum Gasteiger partial charge on any atom is -0.497 e. The number of aromatic nitrogens is 1. The number of nitrogens with zero attached hydrogens (tertiary/aromatic N) is 1. The molecule has 0 aliphatic heterocycles. The first-order valence-electron chi connectivity index (χ1n) is 6.05. The van der Waals surface area contributed by atoms with Crippen LogP contribution in [0.3, 0.4) is 0 Å². The van der Waals surface area contributed by atoms with Crippen molar-refractivity contribution in [2.75, 3.05) is 14.2 Å². The number of methoxy groups -OCH3 is 2. The second-order valence-corrected chi connectivity index (χ2v) is 4.53. The number of benzene rings is 1. The van der Waals surface area contributed by atoms with E-state index in [0.717, 1.165) is 6.20 Å². The van der Waals surface area contributed by atoms with Crippen LogP contribution < -0.4 is 9.47 Å². The molecule has 0 aliphatic rings. The Balaban J connectivity index is 2.53. The van der Waals surface area contributed by atoms with Crippen molar-refractivity contribution in [1.29, 1.82) is 0 Å². The van der Waals surface area contributed by atoms with E-state index in [1.165, 1.54) is 19.4 Å². The molecule has 5 heteroatoms. The van der Waals surface area contributed by atoms with Gasteiger partial charge in [-0.15, -0.1) is 0 Å². The van der Waals surface area contributed by atoms with Crippen molar-refractivity contribution in [3.8, 4) is 11.5 Å². The van der Waals surface area contributed by atoms with Gasteiger partial charge in [0.1, 0.15) is 22.9 Å². The Morgan fingerprint density at radius 3 is 2.50 bits per heavy atom. The molecule has 0 saturated heterocycles. The van der Waals surface area contributed by atoms with E-state index < -0.39 is 11.4 Å². The molecule has 0 amide bonds. The average Bonchev–Trinajstić information content (AvgIpc) is 2.46. The van der Waals surface area contributed by atoms with Gasteiger partial charge in [-0.1, -0.05) is 0 Å². The van der Waals surface area contributed by atoms with E-state index in [-0.39, 0.29) is 0 Å². The van der Waals surface area contributed by atoms with E-state index in [4.69, 9.17) is 9.47 Å². The summed E-state index contributed by atoms with van der Waals surface area (Å²) in [5, 5.41) is 10.7. The molecule has 1 unspecified atom stereocenters. The lowest BCUT2D eigenvalue weighted by atomic mass is 9.88. The molecule has 0 bridgehead atoms. The quantitative estimate of drug-likeness (QED) is 0.933. The standard InChI is InChI=1S/C15H16FNO3/c1-15(18,10-6-11(16)9-17-8-10)13-5-4-12(19-2)7-14(13)20-3/h4-9,18H,1-3H3. The van der Waals surface area contributed by atoms with Crippen molar-refractivity contribution in [3.05, 3.63) is 53.6 Å². The van der Waals surface area contributed by atoms with Crippen molar-refractivity contribution >= 4 is 0 Å². The zero-order valence-electron chi connectivity index (χ0n) is 11.6. The number of hydrogen-bond donors (Lipinski definition) is 1. The van der Waals surface area contributed by atoms with Gasteiger partial charge in [0.05, 0.1) is 20.4 Å². The van der Waals surface area contributed by atoms with Crippen LogP contribution in [0.5, 0.6) is 11.5 Å². The van der Waals surface area contributed by atoms with Crippen molar-refractivity contribution < 1.29 is 19.0 Å². The van der Waals surface area contributed by atoms with Crippen molar-refractivity contribution in [2.24, 2.45) is 0 Å². The van der Waals surface area contributed by atoms with Crippen molar-refractivity contribution in [2.45, 2.75) is 12.5 Å². The molecule has 4 nitrogen and oxygen atoms in total. The van der Waals surface area contributed by atoms with Gasteiger partial charge >= 0.3 is 0 Å². The lowest BCUT2D eigenvalue weighted by Crippen LogP contribution is -2.24. The number of rotatable bonds is 4. The van der Waals surface area contributed by atoms with E-state index in [0.29, 0.717) is 22.6 Å². The number of aliphatic hydroxyl groups is 1. The Bertz CT molecular complexity index is 614. The monoisotopic (exact) mass is 277 g/mol. The number of ether oxygens (including phenoxy) is 2. The normalized spacial score (nSPS) is 13.7. The summed E-state index contributed by atoms with van der Waals surface area (Å²) in [5.74, 6) is 0.563. The third kappa shape index (κ3) is 2.58. The highest BCUT2D eigenvalue weighted by Gasteiger charge is 2.30. The first kappa shape index (κ1) is 14.3.